The van der Waals surface area contributed by atoms with E-state index in [0.29, 0.717) is 22.1 Å². The molecule has 118 valence electrons. The van der Waals surface area contributed by atoms with Gasteiger partial charge in [-0.15, -0.1) is 6.58 Å². The first-order chi connectivity index (χ1) is 11.0. The van der Waals surface area contributed by atoms with Crippen molar-refractivity contribution in [1.29, 1.82) is 0 Å². The van der Waals surface area contributed by atoms with E-state index in [2.05, 4.69) is 11.9 Å². The molecule has 0 spiro atoms. The third-order valence-corrected chi connectivity index (χ3v) is 4.02. The molecular formula is C18H18ClN2OS+. The van der Waals surface area contributed by atoms with Crippen molar-refractivity contribution >= 4 is 34.6 Å². The van der Waals surface area contributed by atoms with Crippen molar-refractivity contribution in [3.8, 4) is 0 Å². The van der Waals surface area contributed by atoms with Crippen LogP contribution in [-0.2, 0) is 0 Å². The van der Waals surface area contributed by atoms with Crippen LogP contribution < -0.4 is 9.88 Å². The molecule has 0 saturated carbocycles. The highest BCUT2D eigenvalue weighted by Crippen LogP contribution is 2.20. The largest absolute Gasteiger partial charge is 0.370 e. The Morgan fingerprint density at radius 1 is 1.39 bits per heavy atom. The number of carbonyl (C=O) groups is 1. The second-order valence-electron chi connectivity index (χ2n) is 5.11. The van der Waals surface area contributed by atoms with Crippen LogP contribution in [0.3, 0.4) is 0 Å². The minimum Gasteiger partial charge on any atom is -0.370 e. The molecule has 1 aromatic carbocycles. The molecule has 23 heavy (non-hydrogen) atoms. The minimum absolute atomic E-state index is 0.146. The summed E-state index contributed by atoms with van der Waals surface area (Å²) < 4.78 is 1.80. The smallest absolute Gasteiger partial charge is 0.270 e. The number of hydrogen-bond donors (Lipinski definition) is 1. The van der Waals surface area contributed by atoms with Gasteiger partial charge in [0.05, 0.1) is 5.02 Å². The molecule has 1 atom stereocenters. The number of rotatable bonds is 6. The third kappa shape index (κ3) is 4.24. The molecule has 0 amide bonds. The van der Waals surface area contributed by atoms with Crippen molar-refractivity contribution in [2.45, 2.75) is 13.0 Å². The van der Waals surface area contributed by atoms with Crippen molar-refractivity contribution < 1.29 is 9.36 Å². The van der Waals surface area contributed by atoms with Gasteiger partial charge < -0.3 is 5.32 Å². The molecule has 0 radical (unpaired) electrons. The highest BCUT2D eigenvalue weighted by molar-refractivity contribution is 7.80. The summed E-state index contributed by atoms with van der Waals surface area (Å²) in [6.45, 7) is 6.12. The lowest BCUT2D eigenvalue weighted by molar-refractivity contribution is -0.692. The van der Waals surface area contributed by atoms with Crippen molar-refractivity contribution in [3.63, 3.8) is 0 Å². The van der Waals surface area contributed by atoms with E-state index in [4.69, 9.17) is 23.8 Å². The topological polar surface area (TPSA) is 33.0 Å². The van der Waals surface area contributed by atoms with Crippen molar-refractivity contribution in [3.05, 3.63) is 77.6 Å². The first kappa shape index (κ1) is 17.3. The zero-order valence-electron chi connectivity index (χ0n) is 12.8. The Morgan fingerprint density at radius 2 is 2.13 bits per heavy atom. The highest BCUT2D eigenvalue weighted by Gasteiger charge is 2.34. The predicted octanol–water partition coefficient (Wildman–Crippen LogP) is 3.46. The molecule has 2 rings (SSSR count). The number of hydrogen-bond acceptors (Lipinski definition) is 2. The maximum absolute atomic E-state index is 13.0. The molecule has 3 nitrogen and oxygen atoms in total. The lowest BCUT2D eigenvalue weighted by atomic mass is 10.0. The van der Waals surface area contributed by atoms with Gasteiger partial charge in [-0.05, 0) is 25.1 Å². The van der Waals surface area contributed by atoms with E-state index in [1.807, 2.05) is 31.5 Å². The molecule has 0 aliphatic heterocycles. The summed E-state index contributed by atoms with van der Waals surface area (Å²) >= 11 is 11.6. The van der Waals surface area contributed by atoms with E-state index in [1.54, 1.807) is 34.9 Å². The number of thiocarbonyl (C=S) groups is 1. The fourth-order valence-corrected chi connectivity index (χ4v) is 2.78. The van der Waals surface area contributed by atoms with Gasteiger partial charge in [-0.1, -0.05) is 42.0 Å². The summed E-state index contributed by atoms with van der Waals surface area (Å²) in [4.78, 5) is 13.5. The van der Waals surface area contributed by atoms with Crippen LogP contribution in [0.25, 0.3) is 0 Å². The van der Waals surface area contributed by atoms with Crippen LogP contribution >= 0.6 is 23.8 Å². The lowest BCUT2D eigenvalue weighted by Gasteiger charge is -2.14. The molecule has 0 saturated heterocycles. The Kier molecular flexibility index (Phi) is 6.02. The predicted molar refractivity (Wildman–Crippen MR) is 97.0 cm³/mol. The summed E-state index contributed by atoms with van der Waals surface area (Å²) in [5.74, 6) is -0.146. The molecule has 0 aliphatic carbocycles. The highest BCUT2D eigenvalue weighted by atomic mass is 35.5. The fraction of sp³-hybridized carbons (Fsp3) is 0.167. The maximum atomic E-state index is 13.0. The average molecular weight is 346 g/mol. The van der Waals surface area contributed by atoms with Crippen LogP contribution in [0.5, 0.6) is 0 Å². The minimum atomic E-state index is -0.648. The zero-order chi connectivity index (χ0) is 16.8. The summed E-state index contributed by atoms with van der Waals surface area (Å²) in [6.07, 6.45) is 5.42. The molecule has 1 aromatic heterocycles. The van der Waals surface area contributed by atoms with E-state index in [0.717, 1.165) is 5.56 Å². The molecule has 0 aliphatic rings. The molecule has 1 heterocycles. The first-order valence-corrected chi connectivity index (χ1v) is 7.98. The number of benzene rings is 1. The van der Waals surface area contributed by atoms with Crippen molar-refractivity contribution in [1.82, 2.24) is 5.32 Å². The third-order valence-electron chi connectivity index (χ3n) is 3.32. The maximum Gasteiger partial charge on any atom is 0.270 e. The Bertz CT molecular complexity index is 745. The van der Waals surface area contributed by atoms with Gasteiger partial charge in [-0.2, -0.15) is 4.57 Å². The molecule has 0 fully saturated rings. The van der Waals surface area contributed by atoms with Gasteiger partial charge in [0.15, 0.2) is 17.4 Å². The molecule has 5 heteroatoms. The second kappa shape index (κ2) is 7.99. The van der Waals surface area contributed by atoms with E-state index < -0.39 is 6.04 Å². The van der Waals surface area contributed by atoms with Gasteiger partial charge in [-0.25, -0.2) is 0 Å². The van der Waals surface area contributed by atoms with Crippen LogP contribution in [0, 0.1) is 6.92 Å². The fourth-order valence-electron chi connectivity index (χ4n) is 2.24. The van der Waals surface area contributed by atoms with Crippen LogP contribution in [0.1, 0.15) is 22.0 Å². The standard InChI is InChI=1S/C18H17ClN2OS/c1-3-10-20-18(23)16(21-11-6-7-13(2)12-21)17(22)14-8-4-5-9-15(14)19/h3-9,11-12,16H,1,10H2,2H3/p+1/t16-/m0/s1. The zero-order valence-corrected chi connectivity index (χ0v) is 14.4. The molecule has 2 aromatic rings. The monoisotopic (exact) mass is 345 g/mol. The summed E-state index contributed by atoms with van der Waals surface area (Å²) in [5.41, 5.74) is 1.49. The van der Waals surface area contributed by atoms with E-state index >= 15 is 0 Å². The van der Waals surface area contributed by atoms with Gasteiger partial charge in [0.25, 0.3) is 6.04 Å². The summed E-state index contributed by atoms with van der Waals surface area (Å²) in [5, 5.41) is 3.47. The van der Waals surface area contributed by atoms with Gasteiger partial charge in [-0.3, -0.25) is 4.79 Å². The number of nitrogens with one attached hydrogen (secondary N) is 1. The molecule has 1 N–H and O–H groups in total. The van der Waals surface area contributed by atoms with Crippen LogP contribution in [0.2, 0.25) is 5.02 Å². The Labute approximate surface area is 146 Å². The number of aromatic nitrogens is 1. The Hall–Kier alpha value is -2.04. The van der Waals surface area contributed by atoms with Crippen LogP contribution in [0.15, 0.2) is 61.4 Å². The first-order valence-electron chi connectivity index (χ1n) is 7.19. The number of nitrogens with zero attached hydrogens (tertiary/aromatic N) is 1. The lowest BCUT2D eigenvalue weighted by Crippen LogP contribution is -2.51. The van der Waals surface area contributed by atoms with Gasteiger partial charge in [0, 0.05) is 23.7 Å². The van der Waals surface area contributed by atoms with E-state index in [-0.39, 0.29) is 5.78 Å². The van der Waals surface area contributed by atoms with Gasteiger partial charge in [0.2, 0.25) is 5.78 Å². The number of aryl methyl sites for hydroxylation is 1. The number of Topliss-reactive ketones (excluding diaryl/α,β-unsaturated/α-hetero) is 1. The number of ketones is 1. The van der Waals surface area contributed by atoms with Crippen molar-refractivity contribution in [2.75, 3.05) is 6.54 Å². The number of carbonyl (C=O) groups excluding carboxylic acids is 1. The van der Waals surface area contributed by atoms with Gasteiger partial charge in [0.1, 0.15) is 0 Å². The second-order valence-corrected chi connectivity index (χ2v) is 5.96. The summed E-state index contributed by atoms with van der Waals surface area (Å²) in [7, 11) is 0. The normalized spacial score (nSPS) is 11.6. The SMILES string of the molecule is C=CCNC(=S)[C@H](C(=O)c1ccccc1Cl)[n+]1cccc(C)c1. The van der Waals surface area contributed by atoms with Crippen molar-refractivity contribution in [2.24, 2.45) is 0 Å². The van der Waals surface area contributed by atoms with Crippen LogP contribution in [-0.4, -0.2) is 17.3 Å². The Balaban J connectivity index is 2.45. The Morgan fingerprint density at radius 3 is 2.78 bits per heavy atom. The molecule has 0 unspecified atom stereocenters. The van der Waals surface area contributed by atoms with E-state index in [1.165, 1.54) is 0 Å². The quantitative estimate of drug-likeness (QED) is 0.376. The van der Waals surface area contributed by atoms with Gasteiger partial charge >= 0.3 is 0 Å². The van der Waals surface area contributed by atoms with E-state index in [9.17, 15) is 4.79 Å². The number of pyridine rings is 1. The molecular weight excluding hydrogens is 328 g/mol. The number of halogens is 1. The van der Waals surface area contributed by atoms with Crippen LogP contribution in [0.4, 0.5) is 0 Å². The summed E-state index contributed by atoms with van der Waals surface area (Å²) in [6, 6.07) is 10.2. The molecule has 0 bridgehead atoms. The average Bonchev–Trinajstić information content (AvgIpc) is 2.53.